The predicted octanol–water partition coefficient (Wildman–Crippen LogP) is 4.20. The van der Waals surface area contributed by atoms with Crippen LogP contribution in [0.1, 0.15) is 42.6 Å². The Balaban J connectivity index is 1.39. The second-order valence-electron chi connectivity index (χ2n) is 8.55. The van der Waals surface area contributed by atoms with Crippen molar-refractivity contribution in [3.8, 4) is 28.6 Å². The molecule has 1 amide bonds. The molecule has 9 heteroatoms. The zero-order chi connectivity index (χ0) is 25.5. The van der Waals surface area contributed by atoms with Crippen LogP contribution in [-0.4, -0.2) is 71.8 Å². The van der Waals surface area contributed by atoms with Gasteiger partial charge in [-0.25, -0.2) is 0 Å². The number of carbonyl (C=O) groups is 1. The van der Waals surface area contributed by atoms with E-state index in [1.807, 2.05) is 56.9 Å². The molecule has 1 fully saturated rings. The summed E-state index contributed by atoms with van der Waals surface area (Å²) >= 11 is 0. The monoisotopic (exact) mass is 494 g/mol. The first-order valence-electron chi connectivity index (χ1n) is 12.5. The van der Waals surface area contributed by atoms with Crippen LogP contribution in [0.5, 0.6) is 17.2 Å². The maximum Gasteiger partial charge on any atom is 0.254 e. The zero-order valence-corrected chi connectivity index (χ0v) is 21.5. The standard InChI is InChI=1S/C27H34N4O5/c1-5-33-22-16-21(17-23(34-6-2)25(22)35-7-3)27(32)31-14-12-30(13-15-31)18-24-28-26(29-36-24)20-10-8-19(4)9-11-20/h8-11,16-17H,5-7,12-15,18H2,1-4H3. The number of benzene rings is 2. The summed E-state index contributed by atoms with van der Waals surface area (Å²) in [5, 5.41) is 4.12. The fraction of sp³-hybridized carbons (Fsp3) is 0.444. The van der Waals surface area contributed by atoms with Crippen molar-refractivity contribution in [3.05, 3.63) is 53.4 Å². The molecule has 0 aliphatic carbocycles. The summed E-state index contributed by atoms with van der Waals surface area (Å²) in [6.07, 6.45) is 0. The maximum atomic E-state index is 13.3. The highest BCUT2D eigenvalue weighted by Gasteiger charge is 2.26. The third-order valence-electron chi connectivity index (χ3n) is 5.95. The van der Waals surface area contributed by atoms with E-state index in [0.29, 0.717) is 87.1 Å². The molecule has 0 unspecified atom stereocenters. The van der Waals surface area contributed by atoms with Crippen molar-refractivity contribution in [2.75, 3.05) is 46.0 Å². The molecule has 3 aromatic rings. The fourth-order valence-corrected chi connectivity index (χ4v) is 4.13. The van der Waals surface area contributed by atoms with Gasteiger partial charge in [0, 0.05) is 37.3 Å². The molecule has 0 N–H and O–H groups in total. The number of ether oxygens (including phenoxy) is 3. The normalized spacial score (nSPS) is 14.1. The van der Waals surface area contributed by atoms with Crippen LogP contribution in [0.25, 0.3) is 11.4 Å². The lowest BCUT2D eigenvalue weighted by Gasteiger charge is -2.34. The van der Waals surface area contributed by atoms with Crippen LogP contribution in [-0.2, 0) is 6.54 Å². The molecule has 1 saturated heterocycles. The molecule has 4 rings (SSSR count). The molecule has 0 atom stereocenters. The molecule has 1 aliphatic rings. The number of hydrogen-bond acceptors (Lipinski definition) is 8. The fourth-order valence-electron chi connectivity index (χ4n) is 4.13. The Morgan fingerprint density at radius 2 is 1.53 bits per heavy atom. The number of amides is 1. The first kappa shape index (κ1) is 25.5. The summed E-state index contributed by atoms with van der Waals surface area (Å²) in [4.78, 5) is 22.0. The van der Waals surface area contributed by atoms with Gasteiger partial charge in [-0.05, 0) is 39.8 Å². The largest absolute Gasteiger partial charge is 0.490 e. The lowest BCUT2D eigenvalue weighted by Crippen LogP contribution is -2.48. The van der Waals surface area contributed by atoms with Crippen molar-refractivity contribution in [3.63, 3.8) is 0 Å². The number of nitrogens with zero attached hydrogens (tertiary/aromatic N) is 4. The Bertz CT molecular complexity index is 1130. The highest BCUT2D eigenvalue weighted by Crippen LogP contribution is 2.39. The van der Waals surface area contributed by atoms with E-state index < -0.39 is 0 Å². The Hall–Kier alpha value is -3.59. The van der Waals surface area contributed by atoms with Crippen LogP contribution in [0.3, 0.4) is 0 Å². The summed E-state index contributed by atoms with van der Waals surface area (Å²) in [5.41, 5.74) is 2.64. The summed E-state index contributed by atoms with van der Waals surface area (Å²) in [7, 11) is 0. The number of carbonyl (C=O) groups excluding carboxylic acids is 1. The maximum absolute atomic E-state index is 13.3. The Morgan fingerprint density at radius 3 is 2.11 bits per heavy atom. The average Bonchev–Trinajstić information content (AvgIpc) is 3.35. The van der Waals surface area contributed by atoms with Gasteiger partial charge in [0.2, 0.25) is 17.5 Å². The minimum Gasteiger partial charge on any atom is -0.490 e. The van der Waals surface area contributed by atoms with E-state index in [1.165, 1.54) is 5.56 Å². The molecule has 36 heavy (non-hydrogen) atoms. The molecule has 0 radical (unpaired) electrons. The van der Waals surface area contributed by atoms with Crippen LogP contribution >= 0.6 is 0 Å². The number of hydrogen-bond donors (Lipinski definition) is 0. The van der Waals surface area contributed by atoms with Gasteiger partial charge in [0.1, 0.15) is 0 Å². The topological polar surface area (TPSA) is 90.2 Å². The van der Waals surface area contributed by atoms with Crippen LogP contribution in [0.4, 0.5) is 0 Å². The van der Waals surface area contributed by atoms with Crippen molar-refractivity contribution >= 4 is 5.91 Å². The summed E-state index contributed by atoms with van der Waals surface area (Å²) in [6.45, 7) is 12.3. The van der Waals surface area contributed by atoms with Crippen LogP contribution in [0, 0.1) is 6.92 Å². The molecule has 2 heterocycles. The molecule has 2 aromatic carbocycles. The summed E-state index contributed by atoms with van der Waals surface area (Å²) in [5.74, 6) is 2.68. The summed E-state index contributed by atoms with van der Waals surface area (Å²) in [6, 6.07) is 11.5. The average molecular weight is 495 g/mol. The molecule has 0 bridgehead atoms. The van der Waals surface area contributed by atoms with Crippen LogP contribution in [0.2, 0.25) is 0 Å². The lowest BCUT2D eigenvalue weighted by molar-refractivity contribution is 0.0614. The van der Waals surface area contributed by atoms with E-state index in [4.69, 9.17) is 18.7 Å². The van der Waals surface area contributed by atoms with E-state index in [2.05, 4.69) is 15.0 Å². The zero-order valence-electron chi connectivity index (χ0n) is 21.5. The minimum absolute atomic E-state index is 0.0564. The first-order chi connectivity index (χ1) is 17.5. The number of aromatic nitrogens is 2. The van der Waals surface area contributed by atoms with Gasteiger partial charge in [-0.3, -0.25) is 9.69 Å². The van der Waals surface area contributed by atoms with E-state index >= 15 is 0 Å². The molecule has 1 aliphatic heterocycles. The van der Waals surface area contributed by atoms with E-state index in [9.17, 15) is 4.79 Å². The van der Waals surface area contributed by atoms with Gasteiger partial charge in [0.25, 0.3) is 5.91 Å². The van der Waals surface area contributed by atoms with Gasteiger partial charge in [-0.1, -0.05) is 35.0 Å². The number of piperazine rings is 1. The Labute approximate surface area is 211 Å². The first-order valence-corrected chi connectivity index (χ1v) is 12.5. The van der Waals surface area contributed by atoms with Gasteiger partial charge in [0.15, 0.2) is 11.5 Å². The third-order valence-corrected chi connectivity index (χ3v) is 5.95. The molecule has 192 valence electrons. The Morgan fingerprint density at radius 1 is 0.917 bits per heavy atom. The molecule has 1 aromatic heterocycles. The second-order valence-corrected chi connectivity index (χ2v) is 8.55. The lowest BCUT2D eigenvalue weighted by atomic mass is 10.1. The second kappa shape index (κ2) is 11.9. The van der Waals surface area contributed by atoms with Crippen molar-refractivity contribution in [1.82, 2.24) is 19.9 Å². The number of aryl methyl sites for hydroxylation is 1. The van der Waals surface area contributed by atoms with Gasteiger partial charge in [0.05, 0.1) is 26.4 Å². The molecule has 0 spiro atoms. The minimum atomic E-state index is -0.0564. The van der Waals surface area contributed by atoms with Gasteiger partial charge >= 0.3 is 0 Å². The van der Waals surface area contributed by atoms with Gasteiger partial charge in [-0.2, -0.15) is 4.98 Å². The Kier molecular flexibility index (Phi) is 8.43. The molecular weight excluding hydrogens is 460 g/mol. The third kappa shape index (κ3) is 5.96. The van der Waals surface area contributed by atoms with Crippen molar-refractivity contribution in [2.45, 2.75) is 34.2 Å². The molecular formula is C27H34N4O5. The highest BCUT2D eigenvalue weighted by molar-refractivity contribution is 5.95. The number of rotatable bonds is 10. The molecule has 9 nitrogen and oxygen atoms in total. The molecule has 0 saturated carbocycles. The van der Waals surface area contributed by atoms with Crippen LogP contribution in [0.15, 0.2) is 40.9 Å². The van der Waals surface area contributed by atoms with E-state index in [0.717, 1.165) is 5.56 Å². The van der Waals surface area contributed by atoms with E-state index in [1.54, 1.807) is 12.1 Å². The van der Waals surface area contributed by atoms with Crippen molar-refractivity contribution in [1.29, 1.82) is 0 Å². The SMILES string of the molecule is CCOc1cc(C(=O)N2CCN(Cc3nc(-c4ccc(C)cc4)no3)CC2)cc(OCC)c1OCC. The highest BCUT2D eigenvalue weighted by atomic mass is 16.5. The quantitative estimate of drug-likeness (QED) is 0.414. The van der Waals surface area contributed by atoms with Gasteiger partial charge < -0.3 is 23.6 Å². The smallest absolute Gasteiger partial charge is 0.254 e. The summed E-state index contributed by atoms with van der Waals surface area (Å²) < 4.78 is 22.8. The van der Waals surface area contributed by atoms with Gasteiger partial charge in [-0.15, -0.1) is 0 Å². The van der Waals surface area contributed by atoms with Crippen molar-refractivity contribution in [2.24, 2.45) is 0 Å². The van der Waals surface area contributed by atoms with Crippen molar-refractivity contribution < 1.29 is 23.5 Å². The van der Waals surface area contributed by atoms with E-state index in [-0.39, 0.29) is 5.91 Å². The van der Waals surface area contributed by atoms with Crippen LogP contribution < -0.4 is 14.2 Å². The predicted molar refractivity (Wildman–Crippen MR) is 136 cm³/mol.